The van der Waals surface area contributed by atoms with Gasteiger partial charge in [0.05, 0.1) is 11.3 Å². The number of aromatic hydroxyl groups is 1. The number of phenolic OH excluding ortho intramolecular Hbond substituents is 1. The van der Waals surface area contributed by atoms with Gasteiger partial charge >= 0.3 is 0 Å². The van der Waals surface area contributed by atoms with Gasteiger partial charge in [0.25, 0.3) is 11.8 Å². The highest BCUT2D eigenvalue weighted by Crippen LogP contribution is 2.43. The molecule has 34 heavy (non-hydrogen) atoms. The van der Waals surface area contributed by atoms with Gasteiger partial charge in [-0.15, -0.1) is 0 Å². The van der Waals surface area contributed by atoms with Gasteiger partial charge in [-0.2, -0.15) is 0 Å². The molecule has 2 aromatic rings. The van der Waals surface area contributed by atoms with Crippen LogP contribution in [0.15, 0.2) is 48.5 Å². The highest BCUT2D eigenvalue weighted by molar-refractivity contribution is 6.10. The van der Waals surface area contributed by atoms with Crippen molar-refractivity contribution in [2.75, 3.05) is 24.5 Å². The van der Waals surface area contributed by atoms with Gasteiger partial charge in [0.15, 0.2) is 0 Å². The van der Waals surface area contributed by atoms with Crippen molar-refractivity contribution in [2.24, 2.45) is 0 Å². The Bertz CT molecular complexity index is 1130. The number of anilines is 1. The van der Waals surface area contributed by atoms with E-state index in [0.29, 0.717) is 49.2 Å². The topological polar surface area (TPSA) is 119 Å². The van der Waals surface area contributed by atoms with Crippen molar-refractivity contribution in [2.45, 2.75) is 38.3 Å². The van der Waals surface area contributed by atoms with Crippen molar-refractivity contribution in [1.29, 1.82) is 0 Å². The summed E-state index contributed by atoms with van der Waals surface area (Å²) in [5, 5.41) is 15.0. The number of fused-ring (bicyclic) bond motifs is 3. The second kappa shape index (κ2) is 9.54. The van der Waals surface area contributed by atoms with Gasteiger partial charge in [-0.1, -0.05) is 18.2 Å². The average Bonchev–Trinajstić information content (AvgIpc) is 3.13. The van der Waals surface area contributed by atoms with Crippen LogP contribution in [-0.4, -0.2) is 58.9 Å². The molecule has 0 radical (unpaired) electrons. The standard InChI is InChI=1S/C25H28N4O5/c1-25-12-10-22(32)29(25)20-9-3-2-8-19(20)24(34)28(25)15-11-21(31)26-13-5-14-27-23(33)17-6-4-7-18(30)16-17/h2-4,6-9,16,30H,5,10-15H2,1H3,(H,26,31)(H,27,33). The first-order chi connectivity index (χ1) is 16.3. The highest BCUT2D eigenvalue weighted by Gasteiger charge is 2.52. The Labute approximate surface area is 197 Å². The summed E-state index contributed by atoms with van der Waals surface area (Å²) in [6.07, 6.45) is 1.52. The molecule has 3 N–H and O–H groups in total. The minimum absolute atomic E-state index is 0.0227. The minimum Gasteiger partial charge on any atom is -0.508 e. The lowest BCUT2D eigenvalue weighted by molar-refractivity contribution is -0.121. The molecule has 0 aliphatic carbocycles. The molecule has 2 aliphatic rings. The van der Waals surface area contributed by atoms with Crippen LogP contribution in [0.2, 0.25) is 0 Å². The van der Waals surface area contributed by atoms with Crippen molar-refractivity contribution in [3.05, 3.63) is 59.7 Å². The predicted molar refractivity (Wildman–Crippen MR) is 125 cm³/mol. The van der Waals surface area contributed by atoms with Crippen LogP contribution >= 0.6 is 0 Å². The molecule has 4 rings (SSSR count). The second-order valence-electron chi connectivity index (χ2n) is 8.68. The molecule has 0 aromatic heterocycles. The molecule has 1 saturated heterocycles. The normalized spacial score (nSPS) is 19.0. The zero-order chi connectivity index (χ0) is 24.3. The van der Waals surface area contributed by atoms with Crippen molar-refractivity contribution in [1.82, 2.24) is 15.5 Å². The summed E-state index contributed by atoms with van der Waals surface area (Å²) in [6.45, 7) is 2.81. The van der Waals surface area contributed by atoms with Gasteiger partial charge in [0.2, 0.25) is 11.8 Å². The number of phenols is 1. The number of hydrogen-bond acceptors (Lipinski definition) is 5. The van der Waals surface area contributed by atoms with Gasteiger partial charge in [0, 0.05) is 38.0 Å². The summed E-state index contributed by atoms with van der Waals surface area (Å²) < 4.78 is 0. The van der Waals surface area contributed by atoms with Crippen LogP contribution in [-0.2, 0) is 9.59 Å². The quantitative estimate of drug-likeness (QED) is 0.517. The lowest BCUT2D eigenvalue weighted by Gasteiger charge is -2.48. The summed E-state index contributed by atoms with van der Waals surface area (Å²) in [4.78, 5) is 53.6. The van der Waals surface area contributed by atoms with Gasteiger partial charge < -0.3 is 20.6 Å². The Kier molecular flexibility index (Phi) is 6.54. The Hall–Kier alpha value is -3.88. The highest BCUT2D eigenvalue weighted by atomic mass is 16.3. The van der Waals surface area contributed by atoms with Crippen LogP contribution in [0.1, 0.15) is 53.3 Å². The van der Waals surface area contributed by atoms with E-state index >= 15 is 0 Å². The SMILES string of the molecule is CC12CCC(=O)N1c1ccccc1C(=O)N2CCC(=O)NCCCNC(=O)c1cccc(O)c1. The van der Waals surface area contributed by atoms with Gasteiger partial charge in [-0.05, 0) is 50.1 Å². The number of amides is 4. The molecular weight excluding hydrogens is 436 g/mol. The molecule has 0 bridgehead atoms. The Morgan fingerprint density at radius 3 is 2.62 bits per heavy atom. The first-order valence-corrected chi connectivity index (χ1v) is 11.4. The predicted octanol–water partition coefficient (Wildman–Crippen LogP) is 2.02. The number of nitrogens with zero attached hydrogens (tertiary/aromatic N) is 2. The number of carbonyl (C=O) groups excluding carboxylic acids is 4. The number of carbonyl (C=O) groups is 4. The van der Waals surface area contributed by atoms with E-state index in [1.807, 2.05) is 13.0 Å². The molecule has 9 nitrogen and oxygen atoms in total. The number of para-hydroxylation sites is 1. The number of rotatable bonds is 8. The van der Waals surface area contributed by atoms with Gasteiger partial charge in [-0.3, -0.25) is 24.1 Å². The molecule has 2 aromatic carbocycles. The third kappa shape index (κ3) is 4.46. The zero-order valence-electron chi connectivity index (χ0n) is 19.0. The lowest BCUT2D eigenvalue weighted by atomic mass is 9.98. The summed E-state index contributed by atoms with van der Waals surface area (Å²) in [5.74, 6) is -0.675. The molecule has 2 heterocycles. The van der Waals surface area contributed by atoms with Crippen molar-refractivity contribution >= 4 is 29.3 Å². The maximum atomic E-state index is 13.2. The van der Waals surface area contributed by atoms with Crippen LogP contribution in [0.5, 0.6) is 5.75 Å². The van der Waals surface area contributed by atoms with E-state index < -0.39 is 5.66 Å². The molecule has 1 atom stereocenters. The van der Waals surface area contributed by atoms with Crippen LogP contribution in [0, 0.1) is 0 Å². The molecule has 0 saturated carbocycles. The molecule has 0 spiro atoms. The molecule has 1 fully saturated rings. The van der Waals surface area contributed by atoms with Crippen LogP contribution < -0.4 is 15.5 Å². The smallest absolute Gasteiger partial charge is 0.257 e. The first-order valence-electron chi connectivity index (χ1n) is 11.4. The number of hydrogen-bond donors (Lipinski definition) is 3. The van der Waals surface area contributed by atoms with E-state index in [-0.39, 0.29) is 42.3 Å². The molecule has 9 heteroatoms. The molecule has 178 valence electrons. The molecule has 1 unspecified atom stereocenters. The molecule has 2 aliphatic heterocycles. The molecule has 4 amide bonds. The van der Waals surface area contributed by atoms with E-state index in [2.05, 4.69) is 10.6 Å². The average molecular weight is 465 g/mol. The largest absolute Gasteiger partial charge is 0.508 e. The summed E-state index contributed by atoms with van der Waals surface area (Å²) in [6, 6.07) is 13.2. The van der Waals surface area contributed by atoms with Crippen molar-refractivity contribution in [3.63, 3.8) is 0 Å². The number of nitrogens with one attached hydrogen (secondary N) is 2. The Morgan fingerprint density at radius 1 is 1.06 bits per heavy atom. The second-order valence-corrected chi connectivity index (χ2v) is 8.68. The van der Waals surface area contributed by atoms with E-state index in [9.17, 15) is 24.3 Å². The zero-order valence-corrected chi connectivity index (χ0v) is 19.0. The van der Waals surface area contributed by atoms with Gasteiger partial charge in [0.1, 0.15) is 11.4 Å². The Balaban J connectivity index is 1.26. The minimum atomic E-state index is -0.779. The lowest BCUT2D eigenvalue weighted by Crippen LogP contribution is -2.62. The van der Waals surface area contributed by atoms with E-state index in [0.717, 1.165) is 0 Å². The van der Waals surface area contributed by atoms with Gasteiger partial charge in [-0.25, -0.2) is 0 Å². The third-order valence-corrected chi connectivity index (χ3v) is 6.38. The maximum absolute atomic E-state index is 13.2. The Morgan fingerprint density at radius 2 is 1.82 bits per heavy atom. The van der Waals surface area contributed by atoms with E-state index in [4.69, 9.17) is 0 Å². The monoisotopic (exact) mass is 464 g/mol. The summed E-state index contributed by atoms with van der Waals surface area (Å²) in [7, 11) is 0. The van der Waals surface area contributed by atoms with Crippen LogP contribution in [0.4, 0.5) is 5.69 Å². The fourth-order valence-electron chi connectivity index (χ4n) is 4.61. The van der Waals surface area contributed by atoms with E-state index in [1.165, 1.54) is 12.1 Å². The first kappa shape index (κ1) is 23.3. The van der Waals surface area contributed by atoms with Crippen molar-refractivity contribution < 1.29 is 24.3 Å². The van der Waals surface area contributed by atoms with E-state index in [1.54, 1.807) is 40.1 Å². The van der Waals surface area contributed by atoms with Crippen LogP contribution in [0.25, 0.3) is 0 Å². The van der Waals surface area contributed by atoms with Crippen molar-refractivity contribution in [3.8, 4) is 5.75 Å². The van der Waals surface area contributed by atoms with Crippen LogP contribution in [0.3, 0.4) is 0 Å². The summed E-state index contributed by atoms with van der Waals surface area (Å²) >= 11 is 0. The third-order valence-electron chi connectivity index (χ3n) is 6.38. The fourth-order valence-corrected chi connectivity index (χ4v) is 4.61. The number of benzene rings is 2. The maximum Gasteiger partial charge on any atom is 0.257 e. The fraction of sp³-hybridized carbons (Fsp3) is 0.360. The molecular formula is C25H28N4O5. The summed E-state index contributed by atoms with van der Waals surface area (Å²) in [5.41, 5.74) is 0.688.